The third-order valence-electron chi connectivity index (χ3n) is 7.27. The summed E-state index contributed by atoms with van der Waals surface area (Å²) in [5.41, 5.74) is -2.62. The highest BCUT2D eigenvalue weighted by Gasteiger charge is 2.54. The lowest BCUT2D eigenvalue weighted by molar-refractivity contribution is -0.155. The number of carbonyl (C=O) groups is 6. The number of amides is 5. The summed E-state index contributed by atoms with van der Waals surface area (Å²) >= 11 is 9.95. The molecule has 0 aromatic rings. The van der Waals surface area contributed by atoms with Crippen LogP contribution in [0.15, 0.2) is 25.3 Å². The Balaban J connectivity index is 0.000000842. The van der Waals surface area contributed by atoms with Crippen LogP contribution in [0, 0.1) is 22.7 Å². The van der Waals surface area contributed by atoms with E-state index in [4.69, 9.17) is 29.2 Å². The topological polar surface area (TPSA) is 151 Å². The molecule has 0 spiro atoms. The Labute approximate surface area is 277 Å². The molecule has 5 amide bonds. The number of rotatable bonds is 13. The molecule has 0 aliphatic carbocycles. The molecule has 2 unspecified atom stereocenters. The fraction of sp³-hybridized carbons (Fsp3) is 0.613. The average Bonchev–Trinajstić information content (AvgIpc) is 2.94. The molecular weight excluding hydrogens is 620 g/mol. The van der Waals surface area contributed by atoms with Crippen LogP contribution in [0.1, 0.15) is 80.6 Å². The highest BCUT2D eigenvalue weighted by Crippen LogP contribution is 2.37. The Bertz CT molecular complexity index is 1190. The summed E-state index contributed by atoms with van der Waals surface area (Å²) in [6.45, 7) is 16.7. The summed E-state index contributed by atoms with van der Waals surface area (Å²) in [5, 5.41) is 4.67. The number of methoxy groups -OCH3 is 1. The Morgan fingerprint density at radius 3 is 1.71 bits per heavy atom. The fourth-order valence-corrected chi connectivity index (χ4v) is 5.16. The maximum atomic E-state index is 12.8. The van der Waals surface area contributed by atoms with Crippen molar-refractivity contribution in [2.24, 2.45) is 22.7 Å². The maximum Gasteiger partial charge on any atom is 0.423 e. The summed E-state index contributed by atoms with van der Waals surface area (Å²) in [4.78, 5) is 75.8. The van der Waals surface area contributed by atoms with Gasteiger partial charge in [0, 0.05) is 0 Å². The van der Waals surface area contributed by atoms with Crippen LogP contribution in [0.25, 0.3) is 0 Å². The minimum absolute atomic E-state index is 0. The first kappa shape index (κ1) is 41.5. The minimum Gasteiger partial charge on any atom is -0.468 e. The first-order chi connectivity index (χ1) is 20.6. The second-order valence-corrected chi connectivity index (χ2v) is 12.1. The number of thiocarbonyl (C=S) groups is 2. The van der Waals surface area contributed by atoms with Gasteiger partial charge in [-0.15, -0.1) is 13.2 Å². The van der Waals surface area contributed by atoms with Crippen LogP contribution >= 0.6 is 24.4 Å². The molecule has 14 heteroatoms. The van der Waals surface area contributed by atoms with Crippen LogP contribution in [0.4, 0.5) is 4.79 Å². The van der Waals surface area contributed by atoms with E-state index in [0.717, 1.165) is 9.80 Å². The van der Waals surface area contributed by atoms with Gasteiger partial charge in [-0.25, -0.2) is 4.79 Å². The molecule has 0 bridgehead atoms. The van der Waals surface area contributed by atoms with E-state index in [1.807, 2.05) is 27.7 Å². The van der Waals surface area contributed by atoms with E-state index in [-0.39, 0.29) is 43.6 Å². The molecule has 0 aromatic heterocycles. The number of esters is 1. The van der Waals surface area contributed by atoms with Crippen LogP contribution in [0.5, 0.6) is 0 Å². The van der Waals surface area contributed by atoms with Crippen LogP contribution in [0.3, 0.4) is 0 Å². The maximum absolute atomic E-state index is 12.8. The predicted molar refractivity (Wildman–Crippen MR) is 178 cm³/mol. The molecule has 0 aromatic carbocycles. The second-order valence-electron chi connectivity index (χ2n) is 11.3. The van der Waals surface area contributed by atoms with E-state index < -0.39 is 46.5 Å². The molecule has 45 heavy (non-hydrogen) atoms. The van der Waals surface area contributed by atoms with Crippen LogP contribution < -0.4 is 10.6 Å². The number of allylic oxidation sites excluding steroid dienone is 2. The lowest BCUT2D eigenvalue weighted by atomic mass is 9.75. The summed E-state index contributed by atoms with van der Waals surface area (Å²) in [6.07, 6.45) is 4.59. The molecule has 2 heterocycles. The molecule has 2 rings (SSSR count). The van der Waals surface area contributed by atoms with Gasteiger partial charge in [0.1, 0.15) is 17.4 Å². The molecule has 252 valence electrons. The normalized spacial score (nSPS) is 21.3. The molecule has 2 fully saturated rings. The van der Waals surface area contributed by atoms with Crippen molar-refractivity contribution >= 4 is 70.4 Å². The quantitative estimate of drug-likeness (QED) is 0.125. The standard InChI is InChI=1S/2C15H22N2O4S.CH4/c1-5-7-15(8-6-10(2)3)12(19)16-14(22)17(13(15)20)9-11(18)21-4;1-5-8-15(9-7-10(3)4)11(18)16-13(22)17(12(15)19)14(20)21-6-2;/h5,10H,1,6-9H2,2-4H3,(H,16,19,22);5,10H,1,6-9H2,2-4H3,(H,16,18,22);1H4. The molecule has 0 saturated carbocycles. The van der Waals surface area contributed by atoms with E-state index in [1.165, 1.54) is 13.2 Å². The average molecular weight is 669 g/mol. The molecular formula is C31H48N4O8S2. The van der Waals surface area contributed by atoms with Gasteiger partial charge < -0.3 is 20.1 Å². The highest BCUT2D eigenvalue weighted by atomic mass is 32.1. The second kappa shape index (κ2) is 18.4. The van der Waals surface area contributed by atoms with Gasteiger partial charge in [0.2, 0.25) is 17.7 Å². The van der Waals surface area contributed by atoms with Gasteiger partial charge in [-0.2, -0.15) is 4.90 Å². The Morgan fingerprint density at radius 2 is 1.31 bits per heavy atom. The van der Waals surface area contributed by atoms with Gasteiger partial charge in [-0.05, 0) is 81.7 Å². The largest absolute Gasteiger partial charge is 0.468 e. The van der Waals surface area contributed by atoms with Crippen molar-refractivity contribution in [2.45, 2.75) is 80.6 Å². The zero-order valence-corrected chi connectivity index (χ0v) is 28.0. The molecule has 2 aliphatic rings. The zero-order valence-electron chi connectivity index (χ0n) is 26.4. The first-order valence-electron chi connectivity index (χ1n) is 14.4. The molecule has 2 N–H and O–H groups in total. The lowest BCUT2D eigenvalue weighted by Crippen LogP contribution is -2.65. The number of carbonyl (C=O) groups excluding carboxylic acids is 6. The Hall–Kier alpha value is -3.52. The van der Waals surface area contributed by atoms with Crippen molar-refractivity contribution in [3.63, 3.8) is 0 Å². The van der Waals surface area contributed by atoms with Crippen molar-refractivity contribution in [1.82, 2.24) is 20.4 Å². The van der Waals surface area contributed by atoms with Gasteiger partial charge in [-0.1, -0.05) is 47.3 Å². The van der Waals surface area contributed by atoms with E-state index in [9.17, 15) is 28.8 Å². The van der Waals surface area contributed by atoms with Crippen molar-refractivity contribution in [1.29, 1.82) is 0 Å². The number of ether oxygens (including phenoxy) is 2. The van der Waals surface area contributed by atoms with Crippen LogP contribution in [-0.2, 0) is 33.4 Å². The van der Waals surface area contributed by atoms with E-state index in [1.54, 1.807) is 13.0 Å². The van der Waals surface area contributed by atoms with Gasteiger partial charge in [-0.3, -0.25) is 28.9 Å². The summed E-state index contributed by atoms with van der Waals surface area (Å²) in [7, 11) is 1.23. The SMILES string of the molecule is C.C=CCC1(CCC(C)C)C(=O)NC(=S)N(C(=O)OCC)C1=O.C=CCC1(CCC(C)C)C(=O)NC(=S)N(CC(=O)OC)C1=O. The number of hydrogen-bond acceptors (Lipinski definition) is 10. The minimum atomic E-state index is -1.36. The van der Waals surface area contributed by atoms with Crippen molar-refractivity contribution in [3.8, 4) is 0 Å². The van der Waals surface area contributed by atoms with Crippen LogP contribution in [0.2, 0.25) is 0 Å². The molecule has 2 aliphatic heterocycles. The summed E-state index contributed by atoms with van der Waals surface area (Å²) in [5.74, 6) is -1.96. The molecule has 2 atom stereocenters. The van der Waals surface area contributed by atoms with E-state index in [0.29, 0.717) is 37.5 Å². The van der Waals surface area contributed by atoms with Crippen molar-refractivity contribution in [2.75, 3.05) is 20.3 Å². The lowest BCUT2D eigenvalue weighted by Gasteiger charge is -2.40. The Morgan fingerprint density at radius 1 is 0.867 bits per heavy atom. The monoisotopic (exact) mass is 668 g/mol. The summed E-state index contributed by atoms with van der Waals surface area (Å²) in [6, 6.07) is 0. The van der Waals surface area contributed by atoms with Gasteiger partial charge in [0.05, 0.1) is 13.7 Å². The van der Waals surface area contributed by atoms with E-state index in [2.05, 4.69) is 28.5 Å². The number of hydrogen-bond donors (Lipinski definition) is 2. The smallest absolute Gasteiger partial charge is 0.423 e. The van der Waals surface area contributed by atoms with E-state index >= 15 is 0 Å². The molecule has 12 nitrogen and oxygen atoms in total. The van der Waals surface area contributed by atoms with Crippen molar-refractivity contribution in [3.05, 3.63) is 25.3 Å². The third-order valence-corrected chi connectivity index (χ3v) is 7.88. The van der Waals surface area contributed by atoms with Crippen LogP contribution in [-0.4, -0.2) is 76.0 Å². The van der Waals surface area contributed by atoms with Gasteiger partial charge >= 0.3 is 12.1 Å². The fourth-order valence-electron chi connectivity index (χ4n) is 4.67. The highest BCUT2D eigenvalue weighted by molar-refractivity contribution is 7.80. The third kappa shape index (κ3) is 9.98. The Kier molecular flexibility index (Phi) is 17.0. The number of nitrogens with zero attached hydrogens (tertiary/aromatic N) is 2. The molecule has 0 radical (unpaired) electrons. The summed E-state index contributed by atoms with van der Waals surface area (Å²) < 4.78 is 9.43. The first-order valence-corrected chi connectivity index (χ1v) is 15.2. The molecule has 2 saturated heterocycles. The van der Waals surface area contributed by atoms with Crippen molar-refractivity contribution < 1.29 is 38.2 Å². The number of imide groups is 1. The predicted octanol–water partition coefficient (Wildman–Crippen LogP) is 4.42. The van der Waals surface area contributed by atoms with Gasteiger partial charge in [0.15, 0.2) is 10.2 Å². The zero-order chi connectivity index (χ0) is 33.8. The van der Waals surface area contributed by atoms with Gasteiger partial charge in [0.25, 0.3) is 5.91 Å². The number of nitrogens with one attached hydrogen (secondary N) is 2.